The Kier molecular flexibility index (Phi) is 4.88. The smallest absolute Gasteiger partial charge is 0.257 e. The van der Waals surface area contributed by atoms with Crippen LogP contribution in [0.1, 0.15) is 21.6 Å². The van der Waals surface area contributed by atoms with Crippen LogP contribution in [-0.4, -0.2) is 17.4 Å². The minimum atomic E-state index is -0.888. The van der Waals surface area contributed by atoms with Gasteiger partial charge < -0.3 is 9.73 Å². The number of halogens is 2. The number of rotatable bonds is 5. The molecule has 1 amide bonds. The highest BCUT2D eigenvalue weighted by molar-refractivity contribution is 5.94. The Morgan fingerprint density at radius 3 is 2.48 bits per heavy atom. The van der Waals surface area contributed by atoms with Crippen LogP contribution in [0.2, 0.25) is 0 Å². The van der Waals surface area contributed by atoms with E-state index in [1.807, 2.05) is 31.2 Å². The van der Waals surface area contributed by atoms with E-state index in [1.54, 1.807) is 0 Å². The molecule has 0 aliphatic heterocycles. The Morgan fingerprint density at radius 2 is 1.80 bits per heavy atom. The fourth-order valence-corrected chi connectivity index (χ4v) is 2.36. The Hall–Kier alpha value is -3.02. The summed E-state index contributed by atoms with van der Waals surface area (Å²) in [6, 6.07) is 11.0. The molecule has 25 heavy (non-hydrogen) atoms. The first-order chi connectivity index (χ1) is 12.0. The van der Waals surface area contributed by atoms with Crippen LogP contribution < -0.4 is 5.32 Å². The van der Waals surface area contributed by atoms with E-state index < -0.39 is 23.1 Å². The van der Waals surface area contributed by atoms with E-state index in [4.69, 9.17) is 4.42 Å². The number of aryl methyl sites for hydroxylation is 1. The molecule has 0 bridgehead atoms. The normalized spacial score (nSPS) is 10.7. The van der Waals surface area contributed by atoms with Crippen molar-refractivity contribution in [2.45, 2.75) is 13.3 Å². The molecule has 0 aliphatic rings. The van der Waals surface area contributed by atoms with Gasteiger partial charge in [-0.05, 0) is 31.2 Å². The van der Waals surface area contributed by atoms with E-state index in [0.29, 0.717) is 18.0 Å². The molecular formula is C19H16F2N2O2. The maximum absolute atomic E-state index is 13.5. The molecule has 0 saturated heterocycles. The van der Waals surface area contributed by atoms with Gasteiger partial charge in [-0.1, -0.05) is 23.8 Å². The Balaban J connectivity index is 1.59. The number of nitrogens with one attached hydrogen (secondary N) is 1. The van der Waals surface area contributed by atoms with Crippen LogP contribution in [0.5, 0.6) is 0 Å². The third kappa shape index (κ3) is 3.91. The van der Waals surface area contributed by atoms with E-state index in [9.17, 15) is 13.6 Å². The number of aromatic nitrogens is 1. The Bertz CT molecular complexity index is 868. The number of amides is 1. The molecule has 0 aliphatic carbocycles. The van der Waals surface area contributed by atoms with E-state index >= 15 is 0 Å². The van der Waals surface area contributed by atoms with Crippen molar-refractivity contribution in [3.05, 3.63) is 77.2 Å². The van der Waals surface area contributed by atoms with Crippen molar-refractivity contribution < 1.29 is 18.0 Å². The van der Waals surface area contributed by atoms with E-state index in [1.165, 1.54) is 12.3 Å². The number of nitrogens with zero attached hydrogens (tertiary/aromatic N) is 1. The predicted octanol–water partition coefficient (Wildman–Crippen LogP) is 3.90. The van der Waals surface area contributed by atoms with Crippen molar-refractivity contribution >= 4 is 5.91 Å². The average Bonchev–Trinajstić information content (AvgIpc) is 3.04. The maximum atomic E-state index is 13.5. The highest BCUT2D eigenvalue weighted by atomic mass is 19.1. The summed E-state index contributed by atoms with van der Waals surface area (Å²) in [5, 5.41) is 2.48. The van der Waals surface area contributed by atoms with E-state index in [2.05, 4.69) is 10.3 Å². The van der Waals surface area contributed by atoms with Gasteiger partial charge in [0.25, 0.3) is 5.91 Å². The lowest BCUT2D eigenvalue weighted by Gasteiger charge is -2.05. The van der Waals surface area contributed by atoms with Crippen molar-refractivity contribution in [2.24, 2.45) is 0 Å². The van der Waals surface area contributed by atoms with Gasteiger partial charge in [-0.3, -0.25) is 4.79 Å². The summed E-state index contributed by atoms with van der Waals surface area (Å²) in [5.74, 6) is -2.08. The van der Waals surface area contributed by atoms with Gasteiger partial charge in [0.15, 0.2) is 0 Å². The van der Waals surface area contributed by atoms with Crippen LogP contribution in [-0.2, 0) is 6.42 Å². The topological polar surface area (TPSA) is 55.1 Å². The van der Waals surface area contributed by atoms with Gasteiger partial charge in [0.2, 0.25) is 5.89 Å². The first-order valence-electron chi connectivity index (χ1n) is 7.78. The number of oxazole rings is 1. The summed E-state index contributed by atoms with van der Waals surface area (Å²) in [6.45, 7) is 2.18. The zero-order chi connectivity index (χ0) is 17.8. The van der Waals surface area contributed by atoms with Crippen LogP contribution >= 0.6 is 0 Å². The number of hydrogen-bond acceptors (Lipinski definition) is 3. The summed E-state index contributed by atoms with van der Waals surface area (Å²) >= 11 is 0. The van der Waals surface area contributed by atoms with Crippen LogP contribution in [0.3, 0.4) is 0 Å². The number of hydrogen-bond donors (Lipinski definition) is 1. The molecule has 1 aromatic heterocycles. The molecule has 1 heterocycles. The van der Waals surface area contributed by atoms with Gasteiger partial charge in [-0.2, -0.15) is 0 Å². The molecule has 0 fully saturated rings. The highest BCUT2D eigenvalue weighted by Crippen LogP contribution is 2.19. The molecule has 0 unspecified atom stereocenters. The summed E-state index contributed by atoms with van der Waals surface area (Å²) in [4.78, 5) is 16.2. The van der Waals surface area contributed by atoms with Crippen LogP contribution in [0.15, 0.2) is 53.1 Å². The van der Waals surface area contributed by atoms with Gasteiger partial charge >= 0.3 is 0 Å². The van der Waals surface area contributed by atoms with Crippen LogP contribution in [0, 0.1) is 18.6 Å². The monoisotopic (exact) mass is 342 g/mol. The third-order valence-corrected chi connectivity index (χ3v) is 3.71. The standard InChI is InChI=1S/C19H16F2N2O2/c1-12-5-7-13(8-6-12)19-23-14(11-25-19)9-10-22-18(24)17-15(20)3-2-4-16(17)21/h2-8,11H,9-10H2,1H3,(H,22,24). The first-order valence-corrected chi connectivity index (χ1v) is 7.78. The van der Waals surface area contributed by atoms with Gasteiger partial charge in [-0.15, -0.1) is 0 Å². The zero-order valence-corrected chi connectivity index (χ0v) is 13.6. The number of carbonyl (C=O) groups excluding carboxylic acids is 1. The fraction of sp³-hybridized carbons (Fsp3) is 0.158. The quantitative estimate of drug-likeness (QED) is 0.765. The molecule has 6 heteroatoms. The fourth-order valence-electron chi connectivity index (χ4n) is 2.36. The minimum Gasteiger partial charge on any atom is -0.444 e. The molecule has 0 saturated carbocycles. The molecule has 0 radical (unpaired) electrons. The molecule has 3 aromatic rings. The average molecular weight is 342 g/mol. The van der Waals surface area contributed by atoms with Crippen molar-refractivity contribution in [1.82, 2.24) is 10.3 Å². The molecule has 128 valence electrons. The van der Waals surface area contributed by atoms with Crippen molar-refractivity contribution in [3.8, 4) is 11.5 Å². The predicted molar refractivity (Wildman–Crippen MR) is 89.1 cm³/mol. The summed E-state index contributed by atoms with van der Waals surface area (Å²) in [5.41, 5.74) is 2.06. The molecule has 3 rings (SSSR count). The lowest BCUT2D eigenvalue weighted by atomic mass is 10.1. The van der Waals surface area contributed by atoms with Crippen molar-refractivity contribution in [2.75, 3.05) is 6.54 Å². The van der Waals surface area contributed by atoms with Crippen molar-refractivity contribution in [1.29, 1.82) is 0 Å². The minimum absolute atomic E-state index is 0.187. The summed E-state index contributed by atoms with van der Waals surface area (Å²) in [6.07, 6.45) is 1.89. The molecule has 1 N–H and O–H groups in total. The first kappa shape index (κ1) is 16.8. The van der Waals surface area contributed by atoms with Crippen LogP contribution in [0.4, 0.5) is 8.78 Å². The third-order valence-electron chi connectivity index (χ3n) is 3.71. The van der Waals surface area contributed by atoms with E-state index in [-0.39, 0.29) is 6.54 Å². The maximum Gasteiger partial charge on any atom is 0.257 e. The Morgan fingerprint density at radius 1 is 1.12 bits per heavy atom. The largest absolute Gasteiger partial charge is 0.444 e. The summed E-state index contributed by atoms with van der Waals surface area (Å²) < 4.78 is 32.5. The summed E-state index contributed by atoms with van der Waals surface area (Å²) in [7, 11) is 0. The van der Waals surface area contributed by atoms with Gasteiger partial charge in [-0.25, -0.2) is 13.8 Å². The lowest BCUT2D eigenvalue weighted by molar-refractivity contribution is 0.0945. The van der Waals surface area contributed by atoms with Crippen LogP contribution in [0.25, 0.3) is 11.5 Å². The van der Waals surface area contributed by atoms with Crippen molar-refractivity contribution in [3.63, 3.8) is 0 Å². The molecular weight excluding hydrogens is 326 g/mol. The SMILES string of the molecule is Cc1ccc(-c2nc(CCNC(=O)c3c(F)cccc3F)co2)cc1. The number of carbonyl (C=O) groups is 1. The second kappa shape index (κ2) is 7.25. The molecule has 0 spiro atoms. The molecule has 2 aromatic carbocycles. The number of benzene rings is 2. The Labute approximate surface area is 143 Å². The van der Waals surface area contributed by atoms with E-state index in [0.717, 1.165) is 23.3 Å². The second-order valence-corrected chi connectivity index (χ2v) is 5.61. The van der Waals surface area contributed by atoms with Gasteiger partial charge in [0.05, 0.1) is 5.69 Å². The van der Waals surface area contributed by atoms with Gasteiger partial charge in [0.1, 0.15) is 23.5 Å². The molecule has 4 nitrogen and oxygen atoms in total. The lowest BCUT2D eigenvalue weighted by Crippen LogP contribution is -2.27. The highest BCUT2D eigenvalue weighted by Gasteiger charge is 2.16. The molecule has 0 atom stereocenters. The second-order valence-electron chi connectivity index (χ2n) is 5.61. The zero-order valence-electron chi connectivity index (χ0n) is 13.6. The van der Waals surface area contributed by atoms with Gasteiger partial charge in [0, 0.05) is 18.5 Å².